The van der Waals surface area contributed by atoms with Crippen LogP contribution >= 0.6 is 11.6 Å². The van der Waals surface area contributed by atoms with Crippen molar-refractivity contribution in [3.8, 4) is 6.07 Å². The standard InChI is InChI=1S/C10H6ClFN2O2/c11-8-5-6(12)1-2-7(8)9(3-4-13)16-10(14)15/h1-3,5H,(H2,14,15)/b9-3-. The minimum Gasteiger partial charge on any atom is -0.409 e. The fourth-order valence-electron chi connectivity index (χ4n) is 1.02. The number of benzene rings is 1. The van der Waals surface area contributed by atoms with E-state index >= 15 is 0 Å². The molecule has 0 atom stereocenters. The number of carbonyl (C=O) groups is 1. The second-order valence-corrected chi connectivity index (χ2v) is 3.09. The Hall–Kier alpha value is -2.06. The summed E-state index contributed by atoms with van der Waals surface area (Å²) < 4.78 is 17.3. The number of allylic oxidation sites excluding steroid dienone is 1. The number of nitriles is 1. The van der Waals surface area contributed by atoms with E-state index in [-0.39, 0.29) is 16.3 Å². The molecule has 0 spiro atoms. The van der Waals surface area contributed by atoms with Crippen LogP contribution in [0.4, 0.5) is 9.18 Å². The first-order chi connectivity index (χ1) is 7.54. The van der Waals surface area contributed by atoms with Crippen molar-refractivity contribution in [2.75, 3.05) is 0 Å². The van der Waals surface area contributed by atoms with E-state index in [1.54, 1.807) is 6.07 Å². The Morgan fingerprint density at radius 3 is 2.81 bits per heavy atom. The number of primary amides is 1. The number of nitrogens with two attached hydrogens (primary N) is 1. The Morgan fingerprint density at radius 2 is 2.31 bits per heavy atom. The number of halogens is 2. The van der Waals surface area contributed by atoms with Gasteiger partial charge in [-0.15, -0.1) is 0 Å². The molecule has 1 amide bonds. The van der Waals surface area contributed by atoms with Gasteiger partial charge in [0.2, 0.25) is 0 Å². The monoisotopic (exact) mass is 240 g/mol. The van der Waals surface area contributed by atoms with Gasteiger partial charge in [-0.3, -0.25) is 0 Å². The number of ether oxygens (including phenoxy) is 1. The lowest BCUT2D eigenvalue weighted by Gasteiger charge is -2.07. The number of hydrogen-bond acceptors (Lipinski definition) is 3. The van der Waals surface area contributed by atoms with Crippen molar-refractivity contribution >= 4 is 23.5 Å². The minimum absolute atomic E-state index is 0.0164. The maximum atomic E-state index is 12.8. The number of carbonyl (C=O) groups excluding carboxylic acids is 1. The number of hydrogen-bond donors (Lipinski definition) is 1. The summed E-state index contributed by atoms with van der Waals surface area (Å²) in [5.74, 6) is -0.663. The molecule has 1 aromatic rings. The predicted molar refractivity (Wildman–Crippen MR) is 55.7 cm³/mol. The molecule has 0 aliphatic rings. The summed E-state index contributed by atoms with van der Waals surface area (Å²) in [7, 11) is 0. The average molecular weight is 241 g/mol. The summed E-state index contributed by atoms with van der Waals surface area (Å²) >= 11 is 5.72. The van der Waals surface area contributed by atoms with Gasteiger partial charge in [0.25, 0.3) is 0 Å². The molecule has 1 rings (SSSR count). The lowest BCUT2D eigenvalue weighted by molar-refractivity contribution is 0.202. The fourth-order valence-corrected chi connectivity index (χ4v) is 1.28. The Kier molecular flexibility index (Phi) is 3.86. The molecule has 0 radical (unpaired) electrons. The molecule has 0 bridgehead atoms. The summed E-state index contributed by atoms with van der Waals surface area (Å²) in [6.07, 6.45) is -0.133. The molecule has 82 valence electrons. The summed E-state index contributed by atoms with van der Waals surface area (Å²) in [4.78, 5) is 10.6. The van der Waals surface area contributed by atoms with Crippen molar-refractivity contribution in [3.05, 3.63) is 40.7 Å². The average Bonchev–Trinajstić information content (AvgIpc) is 2.16. The van der Waals surface area contributed by atoms with Crippen molar-refractivity contribution < 1.29 is 13.9 Å². The Morgan fingerprint density at radius 1 is 1.62 bits per heavy atom. The normalized spacial score (nSPS) is 10.7. The third-order valence-electron chi connectivity index (χ3n) is 1.60. The van der Waals surface area contributed by atoms with E-state index in [4.69, 9.17) is 22.6 Å². The zero-order chi connectivity index (χ0) is 12.1. The molecule has 6 heteroatoms. The molecule has 0 heterocycles. The third-order valence-corrected chi connectivity index (χ3v) is 1.92. The quantitative estimate of drug-likeness (QED) is 0.637. The van der Waals surface area contributed by atoms with Crippen molar-refractivity contribution in [2.24, 2.45) is 5.73 Å². The zero-order valence-corrected chi connectivity index (χ0v) is 8.66. The smallest absolute Gasteiger partial charge is 0.409 e. The molecule has 0 unspecified atom stereocenters. The highest BCUT2D eigenvalue weighted by atomic mass is 35.5. The highest BCUT2D eigenvalue weighted by Gasteiger charge is 2.11. The molecule has 0 fully saturated rings. The van der Waals surface area contributed by atoms with Crippen LogP contribution in [0.5, 0.6) is 0 Å². The van der Waals surface area contributed by atoms with E-state index in [0.29, 0.717) is 0 Å². The lowest BCUT2D eigenvalue weighted by Crippen LogP contribution is -2.12. The van der Waals surface area contributed by atoms with Crippen LogP contribution in [0.2, 0.25) is 5.02 Å². The van der Waals surface area contributed by atoms with Gasteiger partial charge in [0.15, 0.2) is 5.76 Å². The predicted octanol–water partition coefficient (Wildman–Crippen LogP) is 2.44. The maximum Gasteiger partial charge on any atom is 0.410 e. The lowest BCUT2D eigenvalue weighted by atomic mass is 10.2. The highest BCUT2D eigenvalue weighted by Crippen LogP contribution is 2.25. The second kappa shape index (κ2) is 5.14. The van der Waals surface area contributed by atoms with E-state index in [1.807, 2.05) is 0 Å². The fraction of sp³-hybridized carbons (Fsp3) is 0. The summed E-state index contributed by atoms with van der Waals surface area (Å²) in [5, 5.41) is 8.50. The molecule has 0 saturated carbocycles. The van der Waals surface area contributed by atoms with Crippen molar-refractivity contribution in [1.82, 2.24) is 0 Å². The van der Waals surface area contributed by atoms with E-state index in [9.17, 15) is 9.18 Å². The topological polar surface area (TPSA) is 76.1 Å². The molecule has 0 aromatic heterocycles. The molecule has 0 aliphatic heterocycles. The molecule has 0 saturated heterocycles. The molecule has 2 N–H and O–H groups in total. The largest absolute Gasteiger partial charge is 0.410 e. The van der Waals surface area contributed by atoms with Gasteiger partial charge in [-0.1, -0.05) is 11.6 Å². The van der Waals surface area contributed by atoms with Crippen molar-refractivity contribution in [1.29, 1.82) is 5.26 Å². The molecule has 16 heavy (non-hydrogen) atoms. The first-order valence-corrected chi connectivity index (χ1v) is 4.45. The van der Waals surface area contributed by atoms with Gasteiger partial charge in [-0.05, 0) is 18.2 Å². The number of amides is 1. The highest BCUT2D eigenvalue weighted by molar-refractivity contribution is 6.32. The van der Waals surface area contributed by atoms with Crippen molar-refractivity contribution in [3.63, 3.8) is 0 Å². The van der Waals surface area contributed by atoms with Gasteiger partial charge in [0.05, 0.1) is 17.2 Å². The van der Waals surface area contributed by atoms with Crippen LogP contribution in [0, 0.1) is 17.1 Å². The molecule has 1 aromatic carbocycles. The van der Waals surface area contributed by atoms with Gasteiger partial charge < -0.3 is 10.5 Å². The van der Waals surface area contributed by atoms with Crippen LogP contribution in [0.1, 0.15) is 5.56 Å². The van der Waals surface area contributed by atoms with Crippen LogP contribution < -0.4 is 5.73 Å². The molecular weight excluding hydrogens is 235 g/mol. The van der Waals surface area contributed by atoms with Crippen LogP contribution in [-0.4, -0.2) is 6.09 Å². The first-order valence-electron chi connectivity index (χ1n) is 4.07. The number of rotatable bonds is 2. The SMILES string of the molecule is N#C/C=C(\OC(N)=O)c1ccc(F)cc1Cl. The van der Waals surface area contributed by atoms with Gasteiger partial charge >= 0.3 is 6.09 Å². The van der Waals surface area contributed by atoms with Gasteiger partial charge in [-0.2, -0.15) is 5.26 Å². The number of nitrogens with zero attached hydrogens (tertiary/aromatic N) is 1. The maximum absolute atomic E-state index is 12.8. The minimum atomic E-state index is -1.08. The third kappa shape index (κ3) is 2.97. The summed E-state index contributed by atoms with van der Waals surface area (Å²) in [6, 6.07) is 5.10. The second-order valence-electron chi connectivity index (χ2n) is 2.68. The van der Waals surface area contributed by atoms with E-state index < -0.39 is 11.9 Å². The Labute approximate surface area is 95.7 Å². The molecule has 4 nitrogen and oxygen atoms in total. The van der Waals surface area contributed by atoms with Crippen LogP contribution in [0.25, 0.3) is 5.76 Å². The summed E-state index contributed by atoms with van der Waals surface area (Å²) in [6.45, 7) is 0. The van der Waals surface area contributed by atoms with Crippen molar-refractivity contribution in [2.45, 2.75) is 0 Å². The first kappa shape index (κ1) is 12.0. The zero-order valence-electron chi connectivity index (χ0n) is 7.91. The van der Waals surface area contributed by atoms with E-state index in [0.717, 1.165) is 18.2 Å². The van der Waals surface area contributed by atoms with Gasteiger partial charge in [0.1, 0.15) is 5.82 Å². The Bertz CT molecular complexity index is 494. The summed E-state index contributed by atoms with van der Waals surface area (Å²) in [5.41, 5.74) is 5.02. The molecule has 0 aliphatic carbocycles. The van der Waals surface area contributed by atoms with E-state index in [2.05, 4.69) is 4.74 Å². The van der Waals surface area contributed by atoms with Crippen LogP contribution in [0.15, 0.2) is 24.3 Å². The Balaban J connectivity index is 3.17. The van der Waals surface area contributed by atoms with E-state index in [1.165, 1.54) is 6.07 Å². The van der Waals surface area contributed by atoms with Crippen LogP contribution in [0.3, 0.4) is 0 Å². The van der Waals surface area contributed by atoms with Gasteiger partial charge in [0, 0.05) is 5.56 Å². The van der Waals surface area contributed by atoms with Gasteiger partial charge in [-0.25, -0.2) is 9.18 Å². The molecular formula is C10H6ClFN2O2. The van der Waals surface area contributed by atoms with Crippen LogP contribution in [-0.2, 0) is 4.74 Å².